The van der Waals surface area contributed by atoms with Gasteiger partial charge in [0.2, 0.25) is 0 Å². The van der Waals surface area contributed by atoms with Crippen LogP contribution in [0.4, 0.5) is 0 Å². The predicted molar refractivity (Wildman–Crippen MR) is 112 cm³/mol. The Balaban J connectivity index is 2.14. The number of hydrogen-bond donors (Lipinski definition) is 0. The SMILES string of the molecule is CCc1cc(C)c(-n2c(-c3ccccc3)nc3ccccc3c2=O)c(C)c1. The maximum atomic E-state index is 13.5. The molecule has 0 saturated heterocycles. The summed E-state index contributed by atoms with van der Waals surface area (Å²) in [4.78, 5) is 18.4. The molecule has 0 spiro atoms. The Morgan fingerprint density at radius 2 is 1.52 bits per heavy atom. The average molecular weight is 354 g/mol. The van der Waals surface area contributed by atoms with Gasteiger partial charge in [-0.15, -0.1) is 0 Å². The van der Waals surface area contributed by atoms with E-state index in [0.29, 0.717) is 11.2 Å². The Kier molecular flexibility index (Phi) is 4.36. The van der Waals surface area contributed by atoms with Crippen molar-refractivity contribution in [2.75, 3.05) is 0 Å². The van der Waals surface area contributed by atoms with Crippen LogP contribution in [-0.4, -0.2) is 9.55 Å². The molecule has 3 aromatic carbocycles. The zero-order valence-corrected chi connectivity index (χ0v) is 15.9. The van der Waals surface area contributed by atoms with Gasteiger partial charge in [0.15, 0.2) is 0 Å². The molecule has 0 N–H and O–H groups in total. The fourth-order valence-corrected chi connectivity index (χ4v) is 3.72. The van der Waals surface area contributed by atoms with Gasteiger partial charge in [0.1, 0.15) is 5.82 Å². The van der Waals surface area contributed by atoms with E-state index >= 15 is 0 Å². The van der Waals surface area contributed by atoms with Gasteiger partial charge in [-0.05, 0) is 49.1 Å². The van der Waals surface area contributed by atoms with Gasteiger partial charge in [0.05, 0.1) is 16.6 Å². The van der Waals surface area contributed by atoms with Crippen LogP contribution in [0.1, 0.15) is 23.6 Å². The van der Waals surface area contributed by atoms with Crippen LogP contribution < -0.4 is 5.56 Å². The summed E-state index contributed by atoms with van der Waals surface area (Å²) in [7, 11) is 0. The molecule has 0 amide bonds. The van der Waals surface area contributed by atoms with Crippen LogP contribution in [0.5, 0.6) is 0 Å². The van der Waals surface area contributed by atoms with Crippen molar-refractivity contribution in [2.24, 2.45) is 0 Å². The summed E-state index contributed by atoms with van der Waals surface area (Å²) in [6.07, 6.45) is 0.971. The van der Waals surface area contributed by atoms with Crippen molar-refractivity contribution in [3.8, 4) is 17.1 Å². The van der Waals surface area contributed by atoms with E-state index in [0.717, 1.165) is 34.3 Å². The van der Waals surface area contributed by atoms with Gasteiger partial charge >= 0.3 is 0 Å². The lowest BCUT2D eigenvalue weighted by Crippen LogP contribution is -2.23. The summed E-state index contributed by atoms with van der Waals surface area (Å²) < 4.78 is 1.78. The molecule has 0 fully saturated rings. The number of aryl methyl sites for hydroxylation is 3. The van der Waals surface area contributed by atoms with E-state index in [4.69, 9.17) is 4.98 Å². The van der Waals surface area contributed by atoms with Crippen molar-refractivity contribution < 1.29 is 0 Å². The molecule has 0 atom stereocenters. The van der Waals surface area contributed by atoms with E-state index in [1.807, 2.05) is 54.6 Å². The van der Waals surface area contributed by atoms with Crippen LogP contribution in [0.2, 0.25) is 0 Å². The first-order valence-corrected chi connectivity index (χ1v) is 9.28. The van der Waals surface area contributed by atoms with Crippen LogP contribution in [0, 0.1) is 13.8 Å². The number of para-hydroxylation sites is 1. The van der Waals surface area contributed by atoms with Crippen LogP contribution in [0.25, 0.3) is 28.0 Å². The summed E-state index contributed by atoms with van der Waals surface area (Å²) in [6, 6.07) is 21.8. The predicted octanol–water partition coefficient (Wildman–Crippen LogP) is 5.23. The maximum Gasteiger partial charge on any atom is 0.266 e. The number of nitrogens with zero attached hydrogens (tertiary/aromatic N) is 2. The number of aromatic nitrogens is 2. The Bertz CT molecular complexity index is 1170. The maximum absolute atomic E-state index is 13.5. The summed E-state index contributed by atoms with van der Waals surface area (Å²) in [5, 5.41) is 0.635. The number of fused-ring (bicyclic) bond motifs is 1. The second-order valence-corrected chi connectivity index (χ2v) is 6.89. The smallest absolute Gasteiger partial charge is 0.266 e. The molecule has 0 aliphatic carbocycles. The molecule has 0 radical (unpaired) electrons. The van der Waals surface area contributed by atoms with Gasteiger partial charge in [-0.2, -0.15) is 0 Å². The molecule has 3 nitrogen and oxygen atoms in total. The fourth-order valence-electron chi connectivity index (χ4n) is 3.72. The lowest BCUT2D eigenvalue weighted by Gasteiger charge is -2.19. The average Bonchev–Trinajstić information content (AvgIpc) is 2.69. The van der Waals surface area contributed by atoms with E-state index in [1.54, 1.807) is 4.57 Å². The highest BCUT2D eigenvalue weighted by Crippen LogP contribution is 2.27. The third-order valence-electron chi connectivity index (χ3n) is 4.99. The topological polar surface area (TPSA) is 34.9 Å². The van der Waals surface area contributed by atoms with Crippen molar-refractivity contribution in [1.82, 2.24) is 9.55 Å². The summed E-state index contributed by atoms with van der Waals surface area (Å²) in [6.45, 7) is 6.28. The van der Waals surface area contributed by atoms with Crippen molar-refractivity contribution in [3.05, 3.63) is 93.8 Å². The lowest BCUT2D eigenvalue weighted by atomic mass is 10.0. The van der Waals surface area contributed by atoms with Gasteiger partial charge in [-0.1, -0.05) is 61.5 Å². The first-order valence-electron chi connectivity index (χ1n) is 9.28. The molecule has 1 heterocycles. The van der Waals surface area contributed by atoms with E-state index in [9.17, 15) is 4.79 Å². The first-order chi connectivity index (χ1) is 13.1. The van der Waals surface area contributed by atoms with E-state index in [-0.39, 0.29) is 5.56 Å². The molecular weight excluding hydrogens is 332 g/mol. The van der Waals surface area contributed by atoms with E-state index in [2.05, 4.69) is 32.9 Å². The van der Waals surface area contributed by atoms with Gasteiger partial charge in [0.25, 0.3) is 5.56 Å². The van der Waals surface area contributed by atoms with Gasteiger partial charge in [-0.3, -0.25) is 9.36 Å². The Morgan fingerprint density at radius 3 is 2.19 bits per heavy atom. The second-order valence-electron chi connectivity index (χ2n) is 6.89. The first kappa shape index (κ1) is 17.2. The highest BCUT2D eigenvalue weighted by Gasteiger charge is 2.17. The van der Waals surface area contributed by atoms with Gasteiger partial charge in [0, 0.05) is 5.56 Å². The highest BCUT2D eigenvalue weighted by atomic mass is 16.1. The molecule has 0 bridgehead atoms. The van der Waals surface area contributed by atoms with Gasteiger partial charge in [-0.25, -0.2) is 4.98 Å². The largest absolute Gasteiger partial charge is 0.268 e. The number of benzene rings is 3. The summed E-state index contributed by atoms with van der Waals surface area (Å²) in [5.74, 6) is 0.676. The third kappa shape index (κ3) is 2.95. The van der Waals surface area contributed by atoms with Crippen molar-refractivity contribution >= 4 is 10.9 Å². The Morgan fingerprint density at radius 1 is 0.889 bits per heavy atom. The van der Waals surface area contributed by atoms with Crippen LogP contribution in [0.3, 0.4) is 0 Å². The van der Waals surface area contributed by atoms with Crippen LogP contribution in [-0.2, 0) is 6.42 Å². The molecule has 27 heavy (non-hydrogen) atoms. The normalized spacial score (nSPS) is 11.1. The monoisotopic (exact) mass is 354 g/mol. The Labute approximate surface area is 158 Å². The number of hydrogen-bond acceptors (Lipinski definition) is 2. The van der Waals surface area contributed by atoms with Crippen molar-refractivity contribution in [3.63, 3.8) is 0 Å². The summed E-state index contributed by atoms with van der Waals surface area (Å²) in [5.41, 5.74) is 5.99. The molecule has 0 unspecified atom stereocenters. The summed E-state index contributed by atoms with van der Waals surface area (Å²) >= 11 is 0. The van der Waals surface area contributed by atoms with E-state index in [1.165, 1.54) is 5.56 Å². The van der Waals surface area contributed by atoms with Crippen molar-refractivity contribution in [2.45, 2.75) is 27.2 Å². The molecule has 1 aromatic heterocycles. The molecule has 3 heteroatoms. The molecule has 4 aromatic rings. The minimum atomic E-state index is -0.0325. The lowest BCUT2D eigenvalue weighted by molar-refractivity contribution is 0.948. The highest BCUT2D eigenvalue weighted by molar-refractivity contribution is 5.80. The quantitative estimate of drug-likeness (QED) is 0.505. The molecule has 0 aliphatic heterocycles. The van der Waals surface area contributed by atoms with Crippen LogP contribution in [0.15, 0.2) is 71.5 Å². The molecule has 0 saturated carbocycles. The van der Waals surface area contributed by atoms with E-state index < -0.39 is 0 Å². The third-order valence-corrected chi connectivity index (χ3v) is 4.99. The fraction of sp³-hybridized carbons (Fsp3) is 0.167. The van der Waals surface area contributed by atoms with Crippen LogP contribution >= 0.6 is 0 Å². The number of rotatable bonds is 3. The minimum Gasteiger partial charge on any atom is -0.268 e. The standard InChI is InChI=1S/C24H22N2O/c1-4-18-14-16(2)22(17(3)15-18)26-23(19-10-6-5-7-11-19)25-21-13-9-8-12-20(21)24(26)27/h5-15H,4H2,1-3H3. The molecule has 0 aliphatic rings. The zero-order valence-electron chi connectivity index (χ0n) is 15.9. The minimum absolute atomic E-state index is 0.0325. The Hall–Kier alpha value is -3.20. The molecule has 134 valence electrons. The zero-order chi connectivity index (χ0) is 19.0. The molecule has 4 rings (SSSR count). The molecular formula is C24H22N2O. The van der Waals surface area contributed by atoms with Crippen molar-refractivity contribution in [1.29, 1.82) is 0 Å². The van der Waals surface area contributed by atoms with Gasteiger partial charge < -0.3 is 0 Å². The second kappa shape index (κ2) is 6.84.